The molecule has 1 aromatic carbocycles. The summed E-state index contributed by atoms with van der Waals surface area (Å²) in [6, 6.07) is 3.97. The highest BCUT2D eigenvalue weighted by Gasteiger charge is 2.37. The van der Waals surface area contributed by atoms with Crippen molar-refractivity contribution in [2.24, 2.45) is 0 Å². The van der Waals surface area contributed by atoms with Gasteiger partial charge < -0.3 is 4.74 Å². The Hall–Kier alpha value is -1.41. The second kappa shape index (κ2) is 5.53. The van der Waals surface area contributed by atoms with Crippen molar-refractivity contribution in [3.8, 4) is 5.75 Å². The van der Waals surface area contributed by atoms with Crippen LogP contribution < -0.4 is 9.46 Å². The molecule has 0 saturated heterocycles. The molecule has 0 radical (unpaired) electrons. The number of sulfonamides is 1. The zero-order chi connectivity index (χ0) is 14.9. The molecule has 0 bridgehead atoms. The van der Waals surface area contributed by atoms with E-state index in [1.54, 1.807) is 0 Å². The quantitative estimate of drug-likeness (QED) is 0.642. The van der Waals surface area contributed by atoms with Gasteiger partial charge in [-0.2, -0.15) is 0 Å². The van der Waals surface area contributed by atoms with Crippen LogP contribution in [0.2, 0.25) is 0 Å². The van der Waals surface area contributed by atoms with Crippen molar-refractivity contribution in [1.29, 1.82) is 0 Å². The monoisotopic (exact) mass is 363 g/mol. The summed E-state index contributed by atoms with van der Waals surface area (Å²) in [5, 5.41) is -0.538. The van der Waals surface area contributed by atoms with Crippen LogP contribution in [0.5, 0.6) is 5.75 Å². The molecule has 1 saturated carbocycles. The molecule has 8 heteroatoms. The molecule has 108 valence electrons. The van der Waals surface area contributed by atoms with Crippen LogP contribution in [0, 0.1) is 5.82 Å². The third kappa shape index (κ3) is 3.57. The molecule has 20 heavy (non-hydrogen) atoms. The third-order valence-electron chi connectivity index (χ3n) is 2.58. The number of benzene rings is 1. The predicted octanol–water partition coefficient (Wildman–Crippen LogP) is 2.09. The van der Waals surface area contributed by atoms with Gasteiger partial charge >= 0.3 is 0 Å². The summed E-state index contributed by atoms with van der Waals surface area (Å²) in [6.45, 7) is 3.30. The Labute approximate surface area is 124 Å². The van der Waals surface area contributed by atoms with Gasteiger partial charge in [0.15, 0.2) is 17.3 Å². The van der Waals surface area contributed by atoms with E-state index in [1.807, 2.05) is 4.72 Å². The van der Waals surface area contributed by atoms with Crippen LogP contribution in [0.1, 0.15) is 12.8 Å². The van der Waals surface area contributed by atoms with E-state index in [1.165, 1.54) is 12.1 Å². The molecule has 0 atom stereocenters. The Kier molecular flexibility index (Phi) is 4.14. The fraction of sp³-hybridized carbons (Fsp3) is 0.250. The van der Waals surface area contributed by atoms with Crippen molar-refractivity contribution in [3.63, 3.8) is 0 Å². The lowest BCUT2D eigenvalue weighted by molar-refractivity contribution is -0.117. The first kappa shape index (κ1) is 15.0. The van der Waals surface area contributed by atoms with Gasteiger partial charge in [-0.15, -0.1) is 0 Å². The number of nitrogens with one attached hydrogen (secondary N) is 1. The van der Waals surface area contributed by atoms with Crippen LogP contribution in [0.15, 0.2) is 35.0 Å². The first-order valence-corrected chi connectivity index (χ1v) is 8.01. The number of hydrogen-bond acceptors (Lipinski definition) is 4. The van der Waals surface area contributed by atoms with E-state index in [2.05, 4.69) is 22.5 Å². The molecule has 1 fully saturated rings. The first-order chi connectivity index (χ1) is 9.29. The van der Waals surface area contributed by atoms with Gasteiger partial charge in [-0.05, 0) is 31.0 Å². The predicted molar refractivity (Wildman–Crippen MR) is 74.0 cm³/mol. The first-order valence-electron chi connectivity index (χ1n) is 5.67. The number of halogens is 2. The van der Waals surface area contributed by atoms with Gasteiger partial charge in [-0.1, -0.05) is 22.5 Å². The van der Waals surface area contributed by atoms with E-state index in [9.17, 15) is 17.6 Å². The number of carbonyl (C=O) groups is 1. The molecule has 0 aromatic heterocycles. The zero-order valence-corrected chi connectivity index (χ0v) is 12.6. The van der Waals surface area contributed by atoms with E-state index < -0.39 is 32.8 Å². The summed E-state index contributed by atoms with van der Waals surface area (Å²) >= 11 is 3.08. The Morgan fingerprint density at radius 3 is 2.65 bits per heavy atom. The van der Waals surface area contributed by atoms with E-state index in [0.717, 1.165) is 6.07 Å². The fourth-order valence-corrected chi connectivity index (χ4v) is 3.01. The second-order valence-electron chi connectivity index (χ2n) is 4.28. The maximum atomic E-state index is 13.5. The lowest BCUT2D eigenvalue weighted by Crippen LogP contribution is -2.35. The second-order valence-corrected chi connectivity index (χ2v) is 7.15. The van der Waals surface area contributed by atoms with Gasteiger partial charge in [0, 0.05) is 4.47 Å². The summed E-state index contributed by atoms with van der Waals surface area (Å²) in [4.78, 5) is 11.6. The van der Waals surface area contributed by atoms with Gasteiger partial charge in [-0.25, -0.2) is 17.5 Å². The summed E-state index contributed by atoms with van der Waals surface area (Å²) in [5.41, 5.74) is 0. The molecule has 1 aliphatic rings. The summed E-state index contributed by atoms with van der Waals surface area (Å²) in [7, 11) is -3.68. The van der Waals surface area contributed by atoms with Crippen molar-refractivity contribution in [1.82, 2.24) is 4.72 Å². The highest BCUT2D eigenvalue weighted by atomic mass is 79.9. The molecule has 5 nitrogen and oxygen atoms in total. The van der Waals surface area contributed by atoms with Crippen LogP contribution in [0.4, 0.5) is 4.39 Å². The van der Waals surface area contributed by atoms with Crippen molar-refractivity contribution in [2.45, 2.75) is 18.1 Å². The highest BCUT2D eigenvalue weighted by Crippen LogP contribution is 2.27. The lowest BCUT2D eigenvalue weighted by Gasteiger charge is -2.10. The van der Waals surface area contributed by atoms with Crippen LogP contribution in [0.25, 0.3) is 0 Å². The van der Waals surface area contributed by atoms with Gasteiger partial charge in [0.2, 0.25) is 10.0 Å². The molecule has 1 amide bonds. The minimum Gasteiger partial charge on any atom is -0.449 e. The van der Waals surface area contributed by atoms with E-state index in [-0.39, 0.29) is 5.75 Å². The molecule has 1 aromatic rings. The smallest absolute Gasteiger partial charge is 0.299 e. The van der Waals surface area contributed by atoms with Crippen LogP contribution in [-0.2, 0) is 14.8 Å². The number of ether oxygens (including phenoxy) is 1. The van der Waals surface area contributed by atoms with E-state index in [0.29, 0.717) is 17.3 Å². The number of carbonyl (C=O) groups excluding carboxylic acids is 1. The van der Waals surface area contributed by atoms with Gasteiger partial charge in [-0.3, -0.25) is 4.79 Å². The fourth-order valence-electron chi connectivity index (χ4n) is 1.38. The Balaban J connectivity index is 2.02. The van der Waals surface area contributed by atoms with Crippen LogP contribution in [0.3, 0.4) is 0 Å². The molecule has 0 spiro atoms. The largest absolute Gasteiger partial charge is 0.449 e. The van der Waals surface area contributed by atoms with Crippen LogP contribution in [-0.4, -0.2) is 19.6 Å². The van der Waals surface area contributed by atoms with Crippen molar-refractivity contribution < 1.29 is 22.3 Å². The number of amides is 1. The van der Waals surface area contributed by atoms with Crippen LogP contribution >= 0.6 is 15.9 Å². The minimum atomic E-state index is -3.68. The van der Waals surface area contributed by atoms with Crippen molar-refractivity contribution in [3.05, 3.63) is 40.8 Å². The zero-order valence-electron chi connectivity index (χ0n) is 10.2. The molecule has 1 N–H and O–H groups in total. The summed E-state index contributed by atoms with van der Waals surface area (Å²) in [5.74, 6) is -2.40. The van der Waals surface area contributed by atoms with E-state index >= 15 is 0 Å². The summed E-state index contributed by atoms with van der Waals surface area (Å²) < 4.78 is 43.9. The molecular formula is C12H11BrFNO4S. The normalized spacial score (nSPS) is 14.7. The van der Waals surface area contributed by atoms with Gasteiger partial charge in [0.1, 0.15) is 0 Å². The van der Waals surface area contributed by atoms with E-state index in [4.69, 9.17) is 4.74 Å². The van der Waals surface area contributed by atoms with Crippen molar-refractivity contribution >= 4 is 31.9 Å². The average Bonchev–Trinajstić information content (AvgIpc) is 3.16. The maximum absolute atomic E-state index is 13.5. The molecule has 0 heterocycles. The third-order valence-corrected chi connectivity index (χ3v) is 4.89. The Morgan fingerprint density at radius 2 is 2.10 bits per heavy atom. The standard InChI is InChI=1S/C12H11BrFNO4S/c1-7(12(16)15-20(17,18)9-3-4-9)19-11-5-2-8(13)6-10(11)14/h2,5-6,9H,1,3-4H2,(H,15,16). The van der Waals surface area contributed by atoms with Gasteiger partial charge in [0.05, 0.1) is 5.25 Å². The topological polar surface area (TPSA) is 72.5 Å². The molecule has 0 unspecified atom stereocenters. The maximum Gasteiger partial charge on any atom is 0.299 e. The Bertz CT molecular complexity index is 670. The molecule has 2 rings (SSSR count). The molecular weight excluding hydrogens is 353 g/mol. The number of rotatable bonds is 5. The molecule has 0 aliphatic heterocycles. The highest BCUT2D eigenvalue weighted by molar-refractivity contribution is 9.10. The molecule has 1 aliphatic carbocycles. The average molecular weight is 364 g/mol. The minimum absolute atomic E-state index is 0.211. The van der Waals surface area contributed by atoms with Gasteiger partial charge in [0.25, 0.3) is 5.91 Å². The summed E-state index contributed by atoms with van der Waals surface area (Å²) in [6.07, 6.45) is 1.05. The lowest BCUT2D eigenvalue weighted by atomic mass is 10.3. The van der Waals surface area contributed by atoms with Crippen molar-refractivity contribution in [2.75, 3.05) is 0 Å². The Morgan fingerprint density at radius 1 is 1.45 bits per heavy atom. The number of hydrogen-bond donors (Lipinski definition) is 1. The SMILES string of the molecule is C=C(Oc1ccc(Br)cc1F)C(=O)NS(=O)(=O)C1CC1.